The summed E-state index contributed by atoms with van der Waals surface area (Å²) in [6.45, 7) is 6.78. The van der Waals surface area contributed by atoms with Crippen molar-refractivity contribution < 1.29 is 4.43 Å². The molecule has 0 aliphatic heterocycles. The fourth-order valence-corrected chi connectivity index (χ4v) is 5.58. The van der Waals surface area contributed by atoms with E-state index in [-0.39, 0.29) is 0 Å². The molecular weight excluding hydrogens is 332 g/mol. The summed E-state index contributed by atoms with van der Waals surface area (Å²) in [5.74, 6) is 1.01. The molecule has 0 bridgehead atoms. The predicted molar refractivity (Wildman–Crippen MR) is 108 cm³/mol. The third-order valence-corrected chi connectivity index (χ3v) is 9.53. The summed E-state index contributed by atoms with van der Waals surface area (Å²) in [7, 11) is -1.72. The Hall–Kier alpha value is -1.51. The van der Waals surface area contributed by atoms with Gasteiger partial charge in [-0.2, -0.15) is 0 Å². The van der Waals surface area contributed by atoms with E-state index < -0.39 is 8.32 Å². The highest BCUT2D eigenvalue weighted by atomic mass is 35.5. The van der Waals surface area contributed by atoms with Crippen LogP contribution in [0.25, 0.3) is 5.76 Å². The molecule has 0 saturated carbocycles. The third kappa shape index (κ3) is 4.99. The number of halogens is 1. The average Bonchev–Trinajstić information content (AvgIpc) is 2.64. The van der Waals surface area contributed by atoms with Gasteiger partial charge in [-0.1, -0.05) is 62.7 Å². The molecule has 0 spiro atoms. The van der Waals surface area contributed by atoms with Crippen LogP contribution < -0.4 is 0 Å². The van der Waals surface area contributed by atoms with Gasteiger partial charge in [0.25, 0.3) is 0 Å². The second-order valence-corrected chi connectivity index (χ2v) is 11.2. The van der Waals surface area contributed by atoms with E-state index >= 15 is 0 Å². The first-order valence-electron chi connectivity index (χ1n) is 8.81. The van der Waals surface area contributed by atoms with Gasteiger partial charge in [-0.05, 0) is 60.5 Å². The summed E-state index contributed by atoms with van der Waals surface area (Å²) in [6.07, 6.45) is 3.10. The summed E-state index contributed by atoms with van der Waals surface area (Å²) >= 11 is 6.05. The summed E-state index contributed by atoms with van der Waals surface area (Å²) < 4.78 is 6.69. The first-order valence-corrected chi connectivity index (χ1v) is 11.7. The van der Waals surface area contributed by atoms with Crippen LogP contribution in [0.15, 0.2) is 60.7 Å². The topological polar surface area (TPSA) is 9.23 Å². The molecule has 0 atom stereocenters. The van der Waals surface area contributed by atoms with E-state index in [0.29, 0.717) is 0 Å². The van der Waals surface area contributed by atoms with E-state index in [2.05, 4.69) is 63.2 Å². The lowest BCUT2D eigenvalue weighted by molar-refractivity contribution is 0.489. The smallest absolute Gasteiger partial charge is 0.250 e. The van der Waals surface area contributed by atoms with Crippen molar-refractivity contribution in [3.8, 4) is 0 Å². The van der Waals surface area contributed by atoms with Gasteiger partial charge in [0.2, 0.25) is 8.32 Å². The van der Waals surface area contributed by atoms with Crippen LogP contribution in [-0.4, -0.2) is 8.32 Å². The monoisotopic (exact) mass is 358 g/mol. The minimum Gasteiger partial charge on any atom is -0.543 e. The van der Waals surface area contributed by atoms with E-state index in [1.807, 2.05) is 18.2 Å². The highest BCUT2D eigenvalue weighted by Gasteiger charge is 2.31. The first kappa shape index (κ1) is 18.8. The van der Waals surface area contributed by atoms with Crippen LogP contribution in [0.1, 0.15) is 31.9 Å². The average molecular weight is 359 g/mol. The maximum atomic E-state index is 6.69. The SMILES string of the molecule is CC[Si](CC)(CC)O/C(=C\Cc1ccccc1)c1ccc(Cl)cc1. The molecule has 0 saturated heterocycles. The molecule has 0 amide bonds. The van der Waals surface area contributed by atoms with Gasteiger partial charge in [0.15, 0.2) is 0 Å². The molecule has 24 heavy (non-hydrogen) atoms. The van der Waals surface area contributed by atoms with Gasteiger partial charge >= 0.3 is 0 Å². The van der Waals surface area contributed by atoms with Crippen LogP contribution in [0.3, 0.4) is 0 Å². The Morgan fingerprint density at radius 3 is 2.04 bits per heavy atom. The van der Waals surface area contributed by atoms with Crippen LogP contribution in [0.2, 0.25) is 23.2 Å². The van der Waals surface area contributed by atoms with E-state index in [9.17, 15) is 0 Å². The van der Waals surface area contributed by atoms with Crippen molar-refractivity contribution in [2.45, 2.75) is 45.3 Å². The standard InChI is InChI=1S/C21H27ClOSi/c1-4-24(5-2,6-3)23-21(19-13-15-20(22)16-14-19)17-12-18-10-8-7-9-11-18/h7-11,13-17H,4-6,12H2,1-3H3/b21-17-. The van der Waals surface area contributed by atoms with Crippen molar-refractivity contribution in [2.75, 3.05) is 0 Å². The minimum absolute atomic E-state index is 0.756. The molecule has 0 N–H and O–H groups in total. The van der Waals surface area contributed by atoms with Crippen molar-refractivity contribution >= 4 is 25.7 Å². The van der Waals surface area contributed by atoms with Crippen LogP contribution in [-0.2, 0) is 10.8 Å². The Morgan fingerprint density at radius 2 is 1.50 bits per heavy atom. The largest absolute Gasteiger partial charge is 0.543 e. The highest BCUT2D eigenvalue weighted by molar-refractivity contribution is 6.74. The summed E-state index contributed by atoms with van der Waals surface area (Å²) in [5, 5.41) is 0.756. The molecule has 3 heteroatoms. The zero-order chi connectivity index (χ0) is 17.4. The Labute approximate surface area is 152 Å². The van der Waals surface area contributed by atoms with Crippen molar-refractivity contribution in [2.24, 2.45) is 0 Å². The number of allylic oxidation sites excluding steroid dienone is 1. The van der Waals surface area contributed by atoms with E-state index in [0.717, 1.165) is 40.9 Å². The third-order valence-electron chi connectivity index (χ3n) is 4.75. The Kier molecular flexibility index (Phi) is 7.13. The Balaban J connectivity index is 2.32. The molecule has 0 aliphatic rings. The number of benzene rings is 2. The van der Waals surface area contributed by atoms with Crippen LogP contribution in [0.5, 0.6) is 0 Å². The lowest BCUT2D eigenvalue weighted by Gasteiger charge is -2.30. The van der Waals surface area contributed by atoms with Gasteiger partial charge in [0.05, 0.1) is 0 Å². The Morgan fingerprint density at radius 1 is 0.917 bits per heavy atom. The van der Waals surface area contributed by atoms with Crippen LogP contribution >= 0.6 is 11.6 Å². The molecule has 2 rings (SSSR count). The van der Waals surface area contributed by atoms with Gasteiger partial charge in [0, 0.05) is 10.6 Å². The van der Waals surface area contributed by atoms with Crippen molar-refractivity contribution in [1.82, 2.24) is 0 Å². The van der Waals surface area contributed by atoms with Crippen LogP contribution in [0, 0.1) is 0 Å². The lowest BCUT2D eigenvalue weighted by atomic mass is 10.1. The van der Waals surface area contributed by atoms with Crippen molar-refractivity contribution in [3.05, 3.63) is 76.8 Å². The summed E-state index contributed by atoms with van der Waals surface area (Å²) in [5.41, 5.74) is 2.41. The van der Waals surface area contributed by atoms with Crippen molar-refractivity contribution in [1.29, 1.82) is 0 Å². The van der Waals surface area contributed by atoms with Gasteiger partial charge in [-0.3, -0.25) is 0 Å². The zero-order valence-electron chi connectivity index (χ0n) is 14.9. The van der Waals surface area contributed by atoms with Gasteiger partial charge in [0.1, 0.15) is 5.76 Å². The number of hydrogen-bond donors (Lipinski definition) is 0. The van der Waals surface area contributed by atoms with E-state index in [1.54, 1.807) is 0 Å². The number of hydrogen-bond acceptors (Lipinski definition) is 1. The van der Waals surface area contributed by atoms with Gasteiger partial charge < -0.3 is 4.43 Å². The second kappa shape index (κ2) is 9.10. The molecular formula is C21H27ClOSi. The maximum absolute atomic E-state index is 6.69. The molecule has 0 unspecified atom stereocenters. The van der Waals surface area contributed by atoms with Crippen LogP contribution in [0.4, 0.5) is 0 Å². The minimum atomic E-state index is -1.72. The molecule has 0 aromatic heterocycles. The summed E-state index contributed by atoms with van der Waals surface area (Å²) in [6, 6.07) is 21.9. The van der Waals surface area contributed by atoms with Gasteiger partial charge in [-0.15, -0.1) is 0 Å². The predicted octanol–water partition coefficient (Wildman–Crippen LogP) is 6.95. The summed E-state index contributed by atoms with van der Waals surface area (Å²) in [4.78, 5) is 0. The Bertz CT molecular complexity index is 637. The normalized spacial score (nSPS) is 12.2. The first-order chi connectivity index (χ1) is 11.6. The quantitative estimate of drug-likeness (QED) is 0.366. The molecule has 0 radical (unpaired) electrons. The molecule has 1 nitrogen and oxygen atoms in total. The second-order valence-electron chi connectivity index (χ2n) is 6.11. The fourth-order valence-electron chi connectivity index (χ4n) is 2.86. The molecule has 128 valence electrons. The lowest BCUT2D eigenvalue weighted by Crippen LogP contribution is -2.35. The zero-order valence-corrected chi connectivity index (χ0v) is 16.6. The molecule has 2 aromatic carbocycles. The molecule has 0 fully saturated rings. The van der Waals surface area contributed by atoms with E-state index in [1.165, 1.54) is 5.56 Å². The maximum Gasteiger partial charge on any atom is 0.250 e. The van der Waals surface area contributed by atoms with Crippen molar-refractivity contribution in [3.63, 3.8) is 0 Å². The highest BCUT2D eigenvalue weighted by Crippen LogP contribution is 2.30. The molecule has 2 aromatic rings. The molecule has 0 heterocycles. The van der Waals surface area contributed by atoms with E-state index in [4.69, 9.17) is 16.0 Å². The van der Waals surface area contributed by atoms with Gasteiger partial charge in [-0.25, -0.2) is 0 Å². The molecule has 0 aliphatic carbocycles. The fraction of sp³-hybridized carbons (Fsp3) is 0.333. The number of rotatable bonds is 8.